The second-order valence-electron chi connectivity index (χ2n) is 3.11. The largest absolute Gasteiger partial charge is 0.258 e. The summed E-state index contributed by atoms with van der Waals surface area (Å²) >= 11 is 3.56. The van der Waals surface area contributed by atoms with Crippen LogP contribution >= 0.6 is 15.9 Å². The summed E-state index contributed by atoms with van der Waals surface area (Å²) in [5.74, 6) is 0.0455. The number of hydrogen-bond donors (Lipinski definition) is 0. The number of aromatic nitrogens is 1. The predicted molar refractivity (Wildman–Crippen MR) is 55.6 cm³/mol. The Morgan fingerprint density at radius 2 is 2.23 bits per heavy atom. The molecule has 0 bridgehead atoms. The third-order valence-electron chi connectivity index (χ3n) is 2.15. The quantitative estimate of drug-likeness (QED) is 0.744. The third-order valence-corrected chi connectivity index (χ3v) is 3.59. The normalized spacial score (nSPS) is 15.4. The van der Waals surface area contributed by atoms with Crippen molar-refractivity contribution in [2.24, 2.45) is 0 Å². The molecule has 0 saturated carbocycles. The summed E-state index contributed by atoms with van der Waals surface area (Å²) in [4.78, 5) is 4.45. The summed E-state index contributed by atoms with van der Waals surface area (Å²) in [5, 5.41) is 0. The lowest BCUT2D eigenvalue weighted by atomic mass is 10.0. The molecule has 0 aromatic carbocycles. The highest BCUT2D eigenvalue weighted by Crippen LogP contribution is 2.25. The van der Waals surface area contributed by atoms with E-state index in [0.717, 1.165) is 12.1 Å². The molecule has 2 unspecified atom stereocenters. The molecule has 0 amide bonds. The first kappa shape index (κ1) is 10.6. The maximum atomic E-state index is 12.6. The van der Waals surface area contributed by atoms with Crippen molar-refractivity contribution in [3.05, 3.63) is 29.8 Å². The molecule has 0 saturated heterocycles. The molecule has 0 aliphatic carbocycles. The number of rotatable bonds is 3. The minimum absolute atomic E-state index is 0.279. The fourth-order valence-corrected chi connectivity index (χ4v) is 1.47. The highest BCUT2D eigenvalue weighted by Gasteiger charge is 2.14. The second-order valence-corrected chi connectivity index (χ2v) is 4.29. The molecule has 0 aliphatic heterocycles. The van der Waals surface area contributed by atoms with Crippen LogP contribution in [0.4, 0.5) is 4.39 Å². The van der Waals surface area contributed by atoms with Crippen molar-refractivity contribution >= 4 is 15.9 Å². The van der Waals surface area contributed by atoms with E-state index in [-0.39, 0.29) is 5.82 Å². The maximum Gasteiger partial charge on any atom is 0.141 e. The van der Waals surface area contributed by atoms with E-state index in [1.165, 1.54) is 12.3 Å². The van der Waals surface area contributed by atoms with Crippen LogP contribution in [0.1, 0.15) is 31.9 Å². The van der Waals surface area contributed by atoms with Gasteiger partial charge in [-0.25, -0.2) is 4.39 Å². The molecule has 1 aromatic rings. The second kappa shape index (κ2) is 4.70. The van der Waals surface area contributed by atoms with E-state index in [1.807, 2.05) is 0 Å². The van der Waals surface area contributed by atoms with Crippen molar-refractivity contribution in [1.29, 1.82) is 0 Å². The average molecular weight is 246 g/mol. The zero-order valence-corrected chi connectivity index (χ0v) is 9.38. The molecular weight excluding hydrogens is 233 g/mol. The lowest BCUT2D eigenvalue weighted by Gasteiger charge is -2.15. The van der Waals surface area contributed by atoms with E-state index < -0.39 is 0 Å². The molecule has 1 heterocycles. The standard InChI is InChI=1S/C10H13BrFN/c1-3-9(11)7(2)10-5-4-8(12)6-13-10/h4-7,9H,3H2,1-2H3. The maximum absolute atomic E-state index is 12.6. The molecule has 0 N–H and O–H groups in total. The lowest BCUT2D eigenvalue weighted by Crippen LogP contribution is -2.09. The first-order valence-corrected chi connectivity index (χ1v) is 5.32. The molecule has 0 spiro atoms. The Hall–Kier alpha value is -0.440. The number of hydrogen-bond acceptors (Lipinski definition) is 1. The summed E-state index contributed by atoms with van der Waals surface area (Å²) in [7, 11) is 0. The Bertz CT molecular complexity index is 260. The summed E-state index contributed by atoms with van der Waals surface area (Å²) in [6.07, 6.45) is 2.31. The van der Waals surface area contributed by atoms with E-state index in [2.05, 4.69) is 34.8 Å². The van der Waals surface area contributed by atoms with Gasteiger partial charge >= 0.3 is 0 Å². The topological polar surface area (TPSA) is 12.9 Å². The molecule has 3 heteroatoms. The van der Waals surface area contributed by atoms with Crippen molar-refractivity contribution in [3.8, 4) is 0 Å². The van der Waals surface area contributed by atoms with Gasteiger partial charge in [0.2, 0.25) is 0 Å². The number of halogens is 2. The smallest absolute Gasteiger partial charge is 0.141 e. The van der Waals surface area contributed by atoms with Gasteiger partial charge in [0.1, 0.15) is 5.82 Å². The van der Waals surface area contributed by atoms with Gasteiger partial charge in [0.15, 0.2) is 0 Å². The Balaban J connectivity index is 2.77. The van der Waals surface area contributed by atoms with Crippen molar-refractivity contribution in [2.45, 2.75) is 31.0 Å². The van der Waals surface area contributed by atoms with Gasteiger partial charge in [-0.05, 0) is 18.6 Å². The molecule has 0 fully saturated rings. The number of alkyl halides is 1. The summed E-state index contributed by atoms with van der Waals surface area (Å²) in [5.41, 5.74) is 0.935. The van der Waals surface area contributed by atoms with Crippen LogP contribution in [0, 0.1) is 5.82 Å². The fraction of sp³-hybridized carbons (Fsp3) is 0.500. The number of nitrogens with zero attached hydrogens (tertiary/aromatic N) is 1. The van der Waals surface area contributed by atoms with Crippen LogP contribution < -0.4 is 0 Å². The van der Waals surface area contributed by atoms with Gasteiger partial charge in [-0.1, -0.05) is 29.8 Å². The highest BCUT2D eigenvalue weighted by atomic mass is 79.9. The van der Waals surface area contributed by atoms with Crippen LogP contribution in [-0.2, 0) is 0 Å². The minimum atomic E-state index is -0.279. The molecule has 72 valence electrons. The average Bonchev–Trinajstić information content (AvgIpc) is 2.17. The molecule has 1 rings (SSSR count). The van der Waals surface area contributed by atoms with Crippen LogP contribution in [-0.4, -0.2) is 9.81 Å². The summed E-state index contributed by atoms with van der Waals surface area (Å²) in [6, 6.07) is 3.19. The number of pyridine rings is 1. The van der Waals surface area contributed by atoms with Crippen LogP contribution in [0.3, 0.4) is 0 Å². The Morgan fingerprint density at radius 1 is 1.54 bits per heavy atom. The van der Waals surface area contributed by atoms with Gasteiger partial charge in [0.05, 0.1) is 6.20 Å². The van der Waals surface area contributed by atoms with Crippen molar-refractivity contribution in [3.63, 3.8) is 0 Å². The van der Waals surface area contributed by atoms with Crippen LogP contribution in [0.25, 0.3) is 0 Å². The predicted octanol–water partition coefficient (Wildman–Crippen LogP) is 3.50. The van der Waals surface area contributed by atoms with Gasteiger partial charge in [0.25, 0.3) is 0 Å². The molecular formula is C10H13BrFN. The van der Waals surface area contributed by atoms with E-state index in [1.54, 1.807) is 6.07 Å². The molecule has 1 aromatic heterocycles. The van der Waals surface area contributed by atoms with E-state index >= 15 is 0 Å². The van der Waals surface area contributed by atoms with Crippen molar-refractivity contribution < 1.29 is 4.39 Å². The Kier molecular flexibility index (Phi) is 3.85. The molecule has 13 heavy (non-hydrogen) atoms. The zero-order valence-electron chi connectivity index (χ0n) is 7.80. The third kappa shape index (κ3) is 2.76. The zero-order chi connectivity index (χ0) is 9.84. The van der Waals surface area contributed by atoms with Crippen molar-refractivity contribution in [1.82, 2.24) is 4.98 Å². The van der Waals surface area contributed by atoms with E-state index in [9.17, 15) is 4.39 Å². The lowest BCUT2D eigenvalue weighted by molar-refractivity contribution is 0.611. The van der Waals surface area contributed by atoms with Crippen LogP contribution in [0.5, 0.6) is 0 Å². The summed E-state index contributed by atoms with van der Waals surface area (Å²) in [6.45, 7) is 4.20. The Labute approximate surface area is 86.5 Å². The van der Waals surface area contributed by atoms with E-state index in [0.29, 0.717) is 10.7 Å². The van der Waals surface area contributed by atoms with E-state index in [4.69, 9.17) is 0 Å². The molecule has 1 nitrogen and oxygen atoms in total. The van der Waals surface area contributed by atoms with Gasteiger partial charge in [-0.2, -0.15) is 0 Å². The first-order valence-electron chi connectivity index (χ1n) is 4.40. The SMILES string of the molecule is CCC(Br)C(C)c1ccc(F)cn1. The van der Waals surface area contributed by atoms with Gasteiger partial charge in [-0.15, -0.1) is 0 Å². The molecule has 2 atom stereocenters. The monoisotopic (exact) mass is 245 g/mol. The van der Waals surface area contributed by atoms with Crippen molar-refractivity contribution in [2.75, 3.05) is 0 Å². The minimum Gasteiger partial charge on any atom is -0.258 e. The molecule has 0 aliphatic rings. The Morgan fingerprint density at radius 3 is 2.69 bits per heavy atom. The molecule has 0 radical (unpaired) electrons. The van der Waals surface area contributed by atoms with Gasteiger partial charge in [0, 0.05) is 16.4 Å². The van der Waals surface area contributed by atoms with Gasteiger partial charge < -0.3 is 0 Å². The summed E-state index contributed by atoms with van der Waals surface area (Å²) < 4.78 is 12.6. The van der Waals surface area contributed by atoms with Gasteiger partial charge in [-0.3, -0.25) is 4.98 Å². The fourth-order valence-electron chi connectivity index (χ4n) is 1.20. The first-order chi connectivity index (χ1) is 6.15. The van der Waals surface area contributed by atoms with Crippen LogP contribution in [0.15, 0.2) is 18.3 Å². The highest BCUT2D eigenvalue weighted by molar-refractivity contribution is 9.09. The van der Waals surface area contributed by atoms with Crippen LogP contribution in [0.2, 0.25) is 0 Å².